The summed E-state index contributed by atoms with van der Waals surface area (Å²) >= 11 is 1.19. The Morgan fingerprint density at radius 1 is 1.33 bits per heavy atom. The monoisotopic (exact) mass is 305 g/mol. The van der Waals surface area contributed by atoms with Crippen LogP contribution in [0.1, 0.15) is 34.1 Å². The van der Waals surface area contributed by atoms with E-state index in [0.717, 1.165) is 18.4 Å². The van der Waals surface area contributed by atoms with Crippen LogP contribution in [-0.4, -0.2) is 30.3 Å². The SMILES string of the molecule is COc1cccc(-c2nc(C3CC3)c(C(=O)O)s2)c1OC. The summed E-state index contributed by atoms with van der Waals surface area (Å²) in [6.45, 7) is 0. The van der Waals surface area contributed by atoms with Crippen molar-refractivity contribution in [2.75, 3.05) is 14.2 Å². The van der Waals surface area contributed by atoms with E-state index in [4.69, 9.17) is 9.47 Å². The number of aromatic carboxylic acids is 1. The molecular formula is C15H15NO4S. The number of carbonyl (C=O) groups is 1. The number of para-hydroxylation sites is 1. The van der Waals surface area contributed by atoms with Crippen LogP contribution in [0.3, 0.4) is 0 Å². The number of benzene rings is 1. The molecule has 0 spiro atoms. The lowest BCUT2D eigenvalue weighted by Crippen LogP contribution is -1.97. The second-order valence-corrected chi connectivity index (χ2v) is 5.85. The second-order valence-electron chi connectivity index (χ2n) is 4.85. The summed E-state index contributed by atoms with van der Waals surface area (Å²) in [7, 11) is 3.14. The van der Waals surface area contributed by atoms with Crippen LogP contribution in [0.15, 0.2) is 18.2 Å². The van der Waals surface area contributed by atoms with Crippen molar-refractivity contribution in [1.29, 1.82) is 0 Å². The van der Waals surface area contributed by atoms with E-state index < -0.39 is 5.97 Å². The van der Waals surface area contributed by atoms with E-state index in [1.54, 1.807) is 20.3 Å². The van der Waals surface area contributed by atoms with Crippen molar-refractivity contribution in [3.8, 4) is 22.1 Å². The van der Waals surface area contributed by atoms with E-state index in [2.05, 4.69) is 4.98 Å². The summed E-state index contributed by atoms with van der Waals surface area (Å²) in [6, 6.07) is 5.51. The van der Waals surface area contributed by atoms with E-state index in [9.17, 15) is 9.90 Å². The third kappa shape index (κ3) is 2.47. The van der Waals surface area contributed by atoms with Crippen LogP contribution in [0.4, 0.5) is 0 Å². The summed E-state index contributed by atoms with van der Waals surface area (Å²) in [5.74, 6) is 0.559. The molecule has 1 heterocycles. The first-order valence-corrected chi connectivity index (χ1v) is 7.42. The standard InChI is InChI=1S/C15H15NO4S/c1-19-10-5-3-4-9(12(10)20-2)14-16-11(8-6-7-8)13(21-14)15(17)18/h3-5,8H,6-7H2,1-2H3,(H,17,18). The lowest BCUT2D eigenvalue weighted by molar-refractivity contribution is 0.0700. The molecule has 1 aliphatic rings. The van der Waals surface area contributed by atoms with Crippen molar-refractivity contribution < 1.29 is 19.4 Å². The highest BCUT2D eigenvalue weighted by Crippen LogP contribution is 2.46. The Kier molecular flexibility index (Phi) is 3.55. The average Bonchev–Trinajstić information content (AvgIpc) is 3.24. The summed E-state index contributed by atoms with van der Waals surface area (Å²) in [5, 5.41) is 10.0. The van der Waals surface area contributed by atoms with Crippen molar-refractivity contribution in [3.63, 3.8) is 0 Å². The predicted octanol–water partition coefficient (Wildman–Crippen LogP) is 3.40. The molecule has 2 aromatic rings. The smallest absolute Gasteiger partial charge is 0.347 e. The summed E-state index contributed by atoms with van der Waals surface area (Å²) in [4.78, 5) is 16.3. The van der Waals surface area contributed by atoms with Gasteiger partial charge in [-0.25, -0.2) is 9.78 Å². The summed E-state index contributed by atoms with van der Waals surface area (Å²) < 4.78 is 10.7. The number of thiazole rings is 1. The largest absolute Gasteiger partial charge is 0.493 e. The molecule has 1 N–H and O–H groups in total. The van der Waals surface area contributed by atoms with Crippen LogP contribution >= 0.6 is 11.3 Å². The second kappa shape index (κ2) is 5.37. The van der Waals surface area contributed by atoms with Gasteiger partial charge in [0.1, 0.15) is 9.88 Å². The van der Waals surface area contributed by atoms with Crippen LogP contribution in [0.5, 0.6) is 11.5 Å². The first kappa shape index (κ1) is 13.9. The molecular weight excluding hydrogens is 290 g/mol. The number of nitrogens with zero attached hydrogens (tertiary/aromatic N) is 1. The minimum absolute atomic E-state index is 0.290. The van der Waals surface area contributed by atoms with Crippen molar-refractivity contribution in [1.82, 2.24) is 4.98 Å². The number of ether oxygens (including phenoxy) is 2. The molecule has 3 rings (SSSR count). The van der Waals surface area contributed by atoms with Crippen molar-refractivity contribution >= 4 is 17.3 Å². The van der Waals surface area contributed by atoms with E-state index in [1.807, 2.05) is 12.1 Å². The molecule has 110 valence electrons. The highest BCUT2D eigenvalue weighted by molar-refractivity contribution is 7.17. The van der Waals surface area contributed by atoms with Crippen molar-refractivity contribution in [3.05, 3.63) is 28.8 Å². The lowest BCUT2D eigenvalue weighted by Gasteiger charge is -2.10. The van der Waals surface area contributed by atoms with Gasteiger partial charge in [0.05, 0.1) is 25.5 Å². The Morgan fingerprint density at radius 2 is 2.10 bits per heavy atom. The van der Waals surface area contributed by atoms with E-state index in [0.29, 0.717) is 27.1 Å². The molecule has 1 fully saturated rings. The van der Waals surface area contributed by atoms with E-state index in [1.165, 1.54) is 11.3 Å². The van der Waals surface area contributed by atoms with Crippen LogP contribution < -0.4 is 9.47 Å². The fourth-order valence-corrected chi connectivity index (χ4v) is 3.30. The molecule has 1 aromatic heterocycles. The summed E-state index contributed by atoms with van der Waals surface area (Å²) in [6.07, 6.45) is 2.03. The molecule has 0 bridgehead atoms. The Balaban J connectivity index is 2.12. The minimum atomic E-state index is -0.914. The van der Waals surface area contributed by atoms with Gasteiger partial charge in [-0.1, -0.05) is 6.07 Å². The number of hydrogen-bond donors (Lipinski definition) is 1. The molecule has 0 aliphatic heterocycles. The van der Waals surface area contributed by atoms with Crippen LogP contribution in [0.2, 0.25) is 0 Å². The molecule has 0 radical (unpaired) electrons. The molecule has 0 atom stereocenters. The highest BCUT2D eigenvalue weighted by atomic mass is 32.1. The maximum atomic E-state index is 11.4. The molecule has 0 amide bonds. The number of hydrogen-bond acceptors (Lipinski definition) is 5. The Hall–Kier alpha value is -2.08. The normalized spacial score (nSPS) is 14.0. The molecule has 21 heavy (non-hydrogen) atoms. The molecule has 1 aromatic carbocycles. The minimum Gasteiger partial charge on any atom is -0.493 e. The number of rotatable bonds is 5. The number of aromatic nitrogens is 1. The highest BCUT2D eigenvalue weighted by Gasteiger charge is 2.32. The van der Waals surface area contributed by atoms with Crippen LogP contribution in [0, 0.1) is 0 Å². The van der Waals surface area contributed by atoms with Gasteiger partial charge in [0.15, 0.2) is 11.5 Å². The lowest BCUT2D eigenvalue weighted by atomic mass is 10.2. The van der Waals surface area contributed by atoms with Crippen LogP contribution in [0.25, 0.3) is 10.6 Å². The van der Waals surface area contributed by atoms with Gasteiger partial charge in [-0.3, -0.25) is 0 Å². The third-order valence-electron chi connectivity index (χ3n) is 3.45. The Bertz CT molecular complexity index is 691. The summed E-state index contributed by atoms with van der Waals surface area (Å²) in [5.41, 5.74) is 1.46. The fraction of sp³-hybridized carbons (Fsp3) is 0.333. The van der Waals surface area contributed by atoms with Gasteiger partial charge in [0, 0.05) is 5.92 Å². The third-order valence-corrected chi connectivity index (χ3v) is 4.54. The molecule has 1 aliphatic carbocycles. The maximum Gasteiger partial charge on any atom is 0.347 e. The van der Waals surface area contributed by atoms with Crippen LogP contribution in [-0.2, 0) is 0 Å². The van der Waals surface area contributed by atoms with Gasteiger partial charge < -0.3 is 14.6 Å². The Morgan fingerprint density at radius 3 is 2.67 bits per heavy atom. The van der Waals surface area contributed by atoms with Crippen molar-refractivity contribution in [2.45, 2.75) is 18.8 Å². The van der Waals surface area contributed by atoms with Gasteiger partial charge in [0.2, 0.25) is 0 Å². The zero-order valence-corrected chi connectivity index (χ0v) is 12.6. The quantitative estimate of drug-likeness (QED) is 0.917. The fourth-order valence-electron chi connectivity index (χ4n) is 2.29. The van der Waals surface area contributed by atoms with Crippen molar-refractivity contribution in [2.24, 2.45) is 0 Å². The molecule has 1 saturated carbocycles. The molecule has 6 heteroatoms. The zero-order valence-electron chi connectivity index (χ0n) is 11.8. The number of carboxylic acids is 1. The van der Waals surface area contributed by atoms with Gasteiger partial charge in [-0.05, 0) is 25.0 Å². The molecule has 0 unspecified atom stereocenters. The predicted molar refractivity (Wildman–Crippen MR) is 79.6 cm³/mol. The Labute approximate surface area is 126 Å². The topological polar surface area (TPSA) is 68.7 Å². The maximum absolute atomic E-state index is 11.4. The first-order valence-electron chi connectivity index (χ1n) is 6.61. The zero-order chi connectivity index (χ0) is 15.0. The number of methoxy groups -OCH3 is 2. The average molecular weight is 305 g/mol. The first-order chi connectivity index (χ1) is 10.2. The van der Waals surface area contributed by atoms with Gasteiger partial charge in [-0.2, -0.15) is 0 Å². The molecule has 0 saturated heterocycles. The molecule has 5 nitrogen and oxygen atoms in total. The van der Waals surface area contributed by atoms with E-state index in [-0.39, 0.29) is 5.92 Å². The van der Waals surface area contributed by atoms with E-state index >= 15 is 0 Å². The van der Waals surface area contributed by atoms with Gasteiger partial charge in [0.25, 0.3) is 0 Å². The van der Waals surface area contributed by atoms with Gasteiger partial charge >= 0.3 is 5.97 Å². The number of carboxylic acid groups (broad SMARTS) is 1. The van der Waals surface area contributed by atoms with Gasteiger partial charge in [-0.15, -0.1) is 11.3 Å².